The van der Waals surface area contributed by atoms with Crippen LogP contribution in [0.1, 0.15) is 23.8 Å². The van der Waals surface area contributed by atoms with E-state index in [0.717, 1.165) is 11.3 Å². The smallest absolute Gasteiger partial charge is 0.270 e. The van der Waals surface area contributed by atoms with Crippen molar-refractivity contribution in [3.8, 4) is 0 Å². The predicted octanol–water partition coefficient (Wildman–Crippen LogP) is 1.18. The highest BCUT2D eigenvalue weighted by atomic mass is 19.3. The fraction of sp³-hybridized carbons (Fsp3) is 0.583. The highest BCUT2D eigenvalue weighted by Gasteiger charge is 2.22. The normalized spacial score (nSPS) is 11.0. The molecular formula is C12H19F2N3O2. The van der Waals surface area contributed by atoms with E-state index in [-0.39, 0.29) is 18.8 Å². The molecule has 19 heavy (non-hydrogen) atoms. The minimum atomic E-state index is -2.64. The van der Waals surface area contributed by atoms with Crippen LogP contribution < -0.4 is 5.73 Å². The molecule has 1 rings (SSSR count). The molecule has 0 fully saturated rings. The maximum Gasteiger partial charge on any atom is 0.270 e. The van der Waals surface area contributed by atoms with Crippen LogP contribution in [0.25, 0.3) is 0 Å². The lowest BCUT2D eigenvalue weighted by Gasteiger charge is -2.21. The van der Waals surface area contributed by atoms with Gasteiger partial charge in [-0.25, -0.2) is 8.78 Å². The molecule has 0 saturated carbocycles. The van der Waals surface area contributed by atoms with Gasteiger partial charge in [0.2, 0.25) is 0 Å². The van der Waals surface area contributed by atoms with Gasteiger partial charge >= 0.3 is 0 Å². The zero-order chi connectivity index (χ0) is 14.4. The van der Waals surface area contributed by atoms with Crippen LogP contribution in [0.2, 0.25) is 0 Å². The van der Waals surface area contributed by atoms with E-state index in [1.54, 1.807) is 10.8 Å². The van der Waals surface area contributed by atoms with Crippen LogP contribution in [0.4, 0.5) is 14.5 Å². The van der Waals surface area contributed by atoms with E-state index in [1.165, 1.54) is 6.07 Å². The molecule has 0 aliphatic carbocycles. The molecule has 7 heteroatoms. The van der Waals surface area contributed by atoms with Crippen molar-refractivity contribution in [3.05, 3.63) is 18.0 Å². The molecule has 1 aromatic rings. The molecule has 3 N–H and O–H groups in total. The summed E-state index contributed by atoms with van der Waals surface area (Å²) in [5.41, 5.74) is 6.32. The summed E-state index contributed by atoms with van der Waals surface area (Å²) in [4.78, 5) is 13.1. The third-order valence-electron chi connectivity index (χ3n) is 2.62. The fourth-order valence-electron chi connectivity index (χ4n) is 1.86. The average Bonchev–Trinajstić information content (AvgIpc) is 2.69. The summed E-state index contributed by atoms with van der Waals surface area (Å²) in [6.45, 7) is 1.34. The molecule has 1 heterocycles. The summed E-state index contributed by atoms with van der Waals surface area (Å²) in [5.74, 6) is -0.542. The maximum absolute atomic E-state index is 12.4. The molecule has 0 saturated heterocycles. The number of hydrogen-bond acceptors (Lipinski definition) is 3. The number of aliphatic hydroxyl groups is 1. The van der Waals surface area contributed by atoms with E-state index in [9.17, 15) is 13.6 Å². The van der Waals surface area contributed by atoms with Crippen molar-refractivity contribution in [3.63, 3.8) is 0 Å². The minimum Gasteiger partial charge on any atom is -0.397 e. The number of carbonyl (C=O) groups excluding carboxylic acids is 1. The lowest BCUT2D eigenvalue weighted by atomic mass is 10.3. The van der Waals surface area contributed by atoms with Crippen LogP contribution in [0.3, 0.4) is 0 Å². The summed E-state index contributed by atoms with van der Waals surface area (Å²) in [5, 5.41) is 8.85. The number of nitrogen functional groups attached to an aromatic ring is 1. The maximum atomic E-state index is 12.4. The van der Waals surface area contributed by atoms with Crippen LogP contribution >= 0.6 is 0 Å². The number of hydrogen-bond donors (Lipinski definition) is 2. The second-order valence-corrected chi connectivity index (χ2v) is 4.22. The van der Waals surface area contributed by atoms with Gasteiger partial charge in [-0.05, 0) is 12.5 Å². The summed E-state index contributed by atoms with van der Waals surface area (Å²) in [6.07, 6.45) is -0.234. The Labute approximate surface area is 110 Å². The molecule has 0 unspecified atom stereocenters. The van der Waals surface area contributed by atoms with Gasteiger partial charge < -0.3 is 20.3 Å². The first-order chi connectivity index (χ1) is 8.99. The second-order valence-electron chi connectivity index (χ2n) is 4.22. The Hall–Kier alpha value is -1.63. The SMILES string of the molecule is CCCn1cc(N)cc1C(=O)N(CCO)CC(F)F. The lowest BCUT2D eigenvalue weighted by molar-refractivity contribution is 0.0500. The topological polar surface area (TPSA) is 71.5 Å². The quantitative estimate of drug-likeness (QED) is 0.785. The van der Waals surface area contributed by atoms with Gasteiger partial charge in [-0.15, -0.1) is 0 Å². The highest BCUT2D eigenvalue weighted by Crippen LogP contribution is 2.14. The number of aromatic nitrogens is 1. The van der Waals surface area contributed by atoms with Crippen molar-refractivity contribution >= 4 is 11.6 Å². The van der Waals surface area contributed by atoms with Gasteiger partial charge in [0.15, 0.2) is 0 Å². The van der Waals surface area contributed by atoms with E-state index < -0.39 is 18.9 Å². The Morgan fingerprint density at radius 1 is 1.58 bits per heavy atom. The second kappa shape index (κ2) is 7.08. The van der Waals surface area contributed by atoms with Crippen LogP contribution in [-0.4, -0.2) is 46.6 Å². The molecule has 108 valence electrons. The highest BCUT2D eigenvalue weighted by molar-refractivity contribution is 5.93. The largest absolute Gasteiger partial charge is 0.397 e. The number of anilines is 1. The molecule has 5 nitrogen and oxygen atoms in total. The Bertz CT molecular complexity index is 421. The molecule has 0 atom stereocenters. The van der Waals surface area contributed by atoms with E-state index in [0.29, 0.717) is 12.2 Å². The molecule has 0 aliphatic rings. The summed E-state index contributed by atoms with van der Waals surface area (Å²) in [6, 6.07) is 1.47. The lowest BCUT2D eigenvalue weighted by Crippen LogP contribution is -2.38. The molecule has 0 spiro atoms. The van der Waals surface area contributed by atoms with Gasteiger partial charge in [-0.1, -0.05) is 6.92 Å². The molecule has 1 aromatic heterocycles. The van der Waals surface area contributed by atoms with E-state index in [4.69, 9.17) is 10.8 Å². The molecule has 0 radical (unpaired) electrons. The minimum absolute atomic E-state index is 0.125. The number of amides is 1. The van der Waals surface area contributed by atoms with Gasteiger partial charge in [0, 0.05) is 19.3 Å². The third kappa shape index (κ3) is 4.20. The van der Waals surface area contributed by atoms with Crippen LogP contribution in [0, 0.1) is 0 Å². The Morgan fingerprint density at radius 2 is 2.26 bits per heavy atom. The summed E-state index contributed by atoms with van der Waals surface area (Å²) in [7, 11) is 0. The number of carbonyl (C=O) groups is 1. The molecule has 0 aromatic carbocycles. The molecule has 1 amide bonds. The monoisotopic (exact) mass is 275 g/mol. The standard InChI is InChI=1S/C12H19F2N3O2/c1-2-3-16-7-9(15)6-10(16)12(19)17(4-5-18)8-11(13)14/h6-7,11,18H,2-5,8,15H2,1H3. The van der Waals surface area contributed by atoms with Gasteiger partial charge in [0.1, 0.15) is 5.69 Å². The first-order valence-corrected chi connectivity index (χ1v) is 6.13. The van der Waals surface area contributed by atoms with Gasteiger partial charge in [0.25, 0.3) is 12.3 Å². The van der Waals surface area contributed by atoms with Gasteiger partial charge in [0.05, 0.1) is 18.8 Å². The van der Waals surface area contributed by atoms with Crippen molar-refractivity contribution in [2.75, 3.05) is 25.4 Å². The third-order valence-corrected chi connectivity index (χ3v) is 2.62. The summed E-state index contributed by atoms with van der Waals surface area (Å²) < 4.78 is 26.5. The number of nitrogens with two attached hydrogens (primary N) is 1. The molecule has 0 aliphatic heterocycles. The first-order valence-electron chi connectivity index (χ1n) is 6.13. The van der Waals surface area contributed by atoms with Crippen molar-refractivity contribution < 1.29 is 18.7 Å². The Morgan fingerprint density at radius 3 is 2.79 bits per heavy atom. The van der Waals surface area contributed by atoms with Crippen LogP contribution in [-0.2, 0) is 6.54 Å². The Balaban J connectivity index is 2.94. The van der Waals surface area contributed by atoms with Gasteiger partial charge in [-0.3, -0.25) is 4.79 Å². The fourth-order valence-corrected chi connectivity index (χ4v) is 1.86. The number of rotatable bonds is 7. The van der Waals surface area contributed by atoms with E-state index in [2.05, 4.69) is 0 Å². The number of aryl methyl sites for hydroxylation is 1. The zero-order valence-electron chi connectivity index (χ0n) is 10.9. The average molecular weight is 275 g/mol. The van der Waals surface area contributed by atoms with E-state index >= 15 is 0 Å². The number of alkyl halides is 2. The van der Waals surface area contributed by atoms with Crippen molar-refractivity contribution in [2.45, 2.75) is 26.3 Å². The number of aliphatic hydroxyl groups excluding tert-OH is 1. The first kappa shape index (κ1) is 15.4. The van der Waals surface area contributed by atoms with Crippen molar-refractivity contribution in [1.82, 2.24) is 9.47 Å². The number of halogens is 2. The van der Waals surface area contributed by atoms with Crippen LogP contribution in [0.5, 0.6) is 0 Å². The molecule has 0 bridgehead atoms. The zero-order valence-corrected chi connectivity index (χ0v) is 10.9. The van der Waals surface area contributed by atoms with Crippen LogP contribution in [0.15, 0.2) is 12.3 Å². The summed E-state index contributed by atoms with van der Waals surface area (Å²) >= 11 is 0. The van der Waals surface area contributed by atoms with E-state index in [1.807, 2.05) is 6.92 Å². The van der Waals surface area contributed by atoms with Gasteiger partial charge in [-0.2, -0.15) is 0 Å². The predicted molar refractivity (Wildman–Crippen MR) is 68.1 cm³/mol. The van der Waals surface area contributed by atoms with Crippen molar-refractivity contribution in [2.24, 2.45) is 0 Å². The molecular weight excluding hydrogens is 256 g/mol. The Kier molecular flexibility index (Phi) is 5.75. The van der Waals surface area contributed by atoms with Crippen molar-refractivity contribution in [1.29, 1.82) is 0 Å². The number of nitrogens with zero attached hydrogens (tertiary/aromatic N) is 2.